The maximum atomic E-state index is 11.1. The molecule has 4 heteroatoms. The Bertz CT molecular complexity index is 231. The number of Topliss-reactive ketones (excluding diaryl/α,β-unsaturated/α-hetero) is 1. The highest BCUT2D eigenvalue weighted by molar-refractivity contribution is 7.09. The van der Waals surface area contributed by atoms with Crippen LogP contribution in [0.25, 0.3) is 0 Å². The second-order valence-electron chi connectivity index (χ2n) is 2.40. The molecule has 3 nitrogen and oxygen atoms in total. The van der Waals surface area contributed by atoms with Gasteiger partial charge in [0.05, 0.1) is 11.6 Å². The maximum Gasteiger partial charge on any atom is 0.154 e. The molecule has 1 heterocycles. The minimum atomic E-state index is -0.364. The monoisotopic (exact) mass is 170 g/mol. The number of hydrogen-bond acceptors (Lipinski definition) is 4. The van der Waals surface area contributed by atoms with E-state index in [4.69, 9.17) is 5.73 Å². The SMILES string of the molecule is C[C@H](N)C(=O)Cc1cncs1. The molecule has 0 radical (unpaired) electrons. The summed E-state index contributed by atoms with van der Waals surface area (Å²) in [4.78, 5) is 15.9. The predicted molar refractivity (Wildman–Crippen MR) is 44.5 cm³/mol. The zero-order valence-electron chi connectivity index (χ0n) is 6.28. The second kappa shape index (κ2) is 3.59. The Morgan fingerprint density at radius 2 is 2.64 bits per heavy atom. The van der Waals surface area contributed by atoms with E-state index in [1.54, 1.807) is 18.6 Å². The van der Waals surface area contributed by atoms with Crippen molar-refractivity contribution < 1.29 is 4.79 Å². The van der Waals surface area contributed by atoms with E-state index in [1.807, 2.05) is 0 Å². The molecular formula is C7H10N2OS. The highest BCUT2D eigenvalue weighted by atomic mass is 32.1. The first-order valence-corrected chi connectivity index (χ1v) is 4.24. The van der Waals surface area contributed by atoms with Gasteiger partial charge in [-0.1, -0.05) is 0 Å². The van der Waals surface area contributed by atoms with Crippen LogP contribution in [0.3, 0.4) is 0 Å². The lowest BCUT2D eigenvalue weighted by molar-refractivity contribution is -0.119. The van der Waals surface area contributed by atoms with Crippen molar-refractivity contribution >= 4 is 17.1 Å². The van der Waals surface area contributed by atoms with Crippen LogP contribution < -0.4 is 5.73 Å². The van der Waals surface area contributed by atoms with Gasteiger partial charge in [-0.3, -0.25) is 9.78 Å². The van der Waals surface area contributed by atoms with Crippen LogP contribution in [0.4, 0.5) is 0 Å². The fourth-order valence-corrected chi connectivity index (χ4v) is 1.27. The molecule has 0 unspecified atom stereocenters. The van der Waals surface area contributed by atoms with Gasteiger partial charge in [0.2, 0.25) is 0 Å². The second-order valence-corrected chi connectivity index (χ2v) is 3.37. The number of nitrogens with zero attached hydrogens (tertiary/aromatic N) is 1. The van der Waals surface area contributed by atoms with E-state index in [2.05, 4.69) is 4.98 Å². The Labute approximate surface area is 69.3 Å². The fourth-order valence-electron chi connectivity index (χ4n) is 0.662. The van der Waals surface area contributed by atoms with Gasteiger partial charge < -0.3 is 5.73 Å². The number of thiazole rings is 1. The molecule has 0 amide bonds. The molecule has 1 atom stereocenters. The zero-order valence-corrected chi connectivity index (χ0v) is 7.10. The van der Waals surface area contributed by atoms with Crippen LogP contribution in [0.5, 0.6) is 0 Å². The number of ketones is 1. The lowest BCUT2D eigenvalue weighted by Gasteiger charge is -2.00. The van der Waals surface area contributed by atoms with Crippen molar-refractivity contribution in [2.45, 2.75) is 19.4 Å². The largest absolute Gasteiger partial charge is 0.322 e. The van der Waals surface area contributed by atoms with Gasteiger partial charge >= 0.3 is 0 Å². The van der Waals surface area contributed by atoms with Crippen LogP contribution in [0.2, 0.25) is 0 Å². The first-order valence-electron chi connectivity index (χ1n) is 3.36. The van der Waals surface area contributed by atoms with Crippen molar-refractivity contribution in [2.75, 3.05) is 0 Å². The predicted octanol–water partition coefficient (Wildman–Crippen LogP) is 0.602. The van der Waals surface area contributed by atoms with Gasteiger partial charge in [0.25, 0.3) is 0 Å². The van der Waals surface area contributed by atoms with Crippen LogP contribution in [0.15, 0.2) is 11.7 Å². The lowest BCUT2D eigenvalue weighted by Crippen LogP contribution is -2.27. The quantitative estimate of drug-likeness (QED) is 0.722. The van der Waals surface area contributed by atoms with E-state index in [-0.39, 0.29) is 11.8 Å². The first-order chi connectivity index (χ1) is 5.20. The van der Waals surface area contributed by atoms with E-state index in [9.17, 15) is 4.79 Å². The van der Waals surface area contributed by atoms with Crippen LogP contribution in [-0.4, -0.2) is 16.8 Å². The summed E-state index contributed by atoms with van der Waals surface area (Å²) >= 11 is 1.48. The van der Waals surface area contributed by atoms with E-state index in [1.165, 1.54) is 11.3 Å². The molecule has 2 N–H and O–H groups in total. The summed E-state index contributed by atoms with van der Waals surface area (Å²) in [6.07, 6.45) is 2.12. The normalized spacial score (nSPS) is 12.9. The molecular weight excluding hydrogens is 160 g/mol. The van der Waals surface area contributed by atoms with Gasteiger partial charge in [-0.2, -0.15) is 0 Å². The van der Waals surface area contributed by atoms with Crippen LogP contribution >= 0.6 is 11.3 Å². The average Bonchev–Trinajstić information content (AvgIpc) is 2.39. The summed E-state index contributed by atoms with van der Waals surface area (Å²) in [5.41, 5.74) is 7.10. The van der Waals surface area contributed by atoms with E-state index in [0.29, 0.717) is 6.42 Å². The topological polar surface area (TPSA) is 56.0 Å². The fraction of sp³-hybridized carbons (Fsp3) is 0.429. The Morgan fingerprint density at radius 1 is 1.91 bits per heavy atom. The summed E-state index contributed by atoms with van der Waals surface area (Å²) in [6.45, 7) is 1.70. The number of hydrogen-bond donors (Lipinski definition) is 1. The van der Waals surface area contributed by atoms with Crippen molar-refractivity contribution in [2.24, 2.45) is 5.73 Å². The molecule has 0 aliphatic rings. The molecule has 1 aromatic rings. The number of carbonyl (C=O) groups excluding carboxylic acids is 1. The highest BCUT2D eigenvalue weighted by Crippen LogP contribution is 2.06. The summed E-state index contributed by atoms with van der Waals surface area (Å²) in [5.74, 6) is 0.0641. The third kappa shape index (κ3) is 2.40. The Morgan fingerprint density at radius 3 is 3.09 bits per heavy atom. The maximum absolute atomic E-state index is 11.1. The smallest absolute Gasteiger partial charge is 0.154 e. The van der Waals surface area contributed by atoms with Gasteiger partial charge in [-0.25, -0.2) is 0 Å². The van der Waals surface area contributed by atoms with Crippen LogP contribution in [-0.2, 0) is 11.2 Å². The van der Waals surface area contributed by atoms with Crippen molar-refractivity contribution in [3.63, 3.8) is 0 Å². The van der Waals surface area contributed by atoms with Gasteiger partial charge in [0.1, 0.15) is 0 Å². The zero-order chi connectivity index (χ0) is 8.27. The molecule has 0 saturated heterocycles. The van der Waals surface area contributed by atoms with Gasteiger partial charge in [-0.05, 0) is 6.92 Å². The molecule has 1 aromatic heterocycles. The van der Waals surface area contributed by atoms with E-state index >= 15 is 0 Å². The number of nitrogens with two attached hydrogens (primary N) is 1. The van der Waals surface area contributed by atoms with Crippen LogP contribution in [0, 0.1) is 0 Å². The number of aromatic nitrogens is 1. The van der Waals surface area contributed by atoms with Crippen molar-refractivity contribution in [1.82, 2.24) is 4.98 Å². The summed E-state index contributed by atoms with van der Waals surface area (Å²) in [5, 5.41) is 0. The third-order valence-corrected chi connectivity index (χ3v) is 2.12. The summed E-state index contributed by atoms with van der Waals surface area (Å²) in [7, 11) is 0. The van der Waals surface area contributed by atoms with Gasteiger partial charge in [0, 0.05) is 17.5 Å². The minimum absolute atomic E-state index is 0.0641. The van der Waals surface area contributed by atoms with E-state index < -0.39 is 0 Å². The van der Waals surface area contributed by atoms with Crippen molar-refractivity contribution in [3.05, 3.63) is 16.6 Å². The summed E-state index contributed by atoms with van der Waals surface area (Å²) < 4.78 is 0. The van der Waals surface area contributed by atoms with Gasteiger partial charge in [-0.15, -0.1) is 11.3 Å². The minimum Gasteiger partial charge on any atom is -0.322 e. The average molecular weight is 170 g/mol. The number of rotatable bonds is 3. The van der Waals surface area contributed by atoms with Crippen molar-refractivity contribution in [1.29, 1.82) is 0 Å². The molecule has 0 aliphatic heterocycles. The third-order valence-electron chi connectivity index (χ3n) is 1.34. The number of carbonyl (C=O) groups is 1. The molecule has 0 fully saturated rings. The lowest BCUT2D eigenvalue weighted by atomic mass is 10.1. The van der Waals surface area contributed by atoms with Gasteiger partial charge in [0.15, 0.2) is 5.78 Å². The Kier molecular flexibility index (Phi) is 2.73. The van der Waals surface area contributed by atoms with Crippen LogP contribution in [0.1, 0.15) is 11.8 Å². The molecule has 0 spiro atoms. The standard InChI is InChI=1S/C7H10N2OS/c1-5(8)7(10)2-6-3-9-4-11-6/h3-5H,2,8H2,1H3/t5-/m0/s1. The molecule has 0 aliphatic carbocycles. The Balaban J connectivity index is 2.50. The highest BCUT2D eigenvalue weighted by Gasteiger charge is 2.08. The first kappa shape index (κ1) is 8.36. The van der Waals surface area contributed by atoms with E-state index in [0.717, 1.165) is 4.88 Å². The molecule has 0 saturated carbocycles. The summed E-state index contributed by atoms with van der Waals surface area (Å²) in [6, 6.07) is -0.364. The molecule has 0 bridgehead atoms. The van der Waals surface area contributed by atoms with Crippen molar-refractivity contribution in [3.8, 4) is 0 Å². The molecule has 60 valence electrons. The Hall–Kier alpha value is -0.740. The molecule has 1 rings (SSSR count). The molecule has 0 aromatic carbocycles. The molecule has 11 heavy (non-hydrogen) atoms.